The summed E-state index contributed by atoms with van der Waals surface area (Å²) in [6, 6.07) is 7.95. The van der Waals surface area contributed by atoms with E-state index >= 15 is 0 Å². The first-order valence-corrected chi connectivity index (χ1v) is 12.3. The number of pyridine rings is 1. The van der Waals surface area contributed by atoms with E-state index in [9.17, 15) is 4.79 Å². The van der Waals surface area contributed by atoms with E-state index in [0.29, 0.717) is 41.8 Å². The van der Waals surface area contributed by atoms with E-state index in [2.05, 4.69) is 27.4 Å². The van der Waals surface area contributed by atoms with Gasteiger partial charge in [0.2, 0.25) is 5.95 Å². The van der Waals surface area contributed by atoms with Crippen molar-refractivity contribution in [1.29, 1.82) is 0 Å². The van der Waals surface area contributed by atoms with E-state index in [4.69, 9.17) is 21.3 Å². The molecule has 2 aromatic heterocycles. The van der Waals surface area contributed by atoms with Crippen molar-refractivity contribution in [2.45, 2.75) is 51.9 Å². The summed E-state index contributed by atoms with van der Waals surface area (Å²) in [7, 11) is 1.79. The Bertz CT molecular complexity index is 1260. The molecular weight excluding hydrogens is 452 g/mol. The van der Waals surface area contributed by atoms with Crippen LogP contribution < -0.4 is 21.1 Å². The van der Waals surface area contributed by atoms with Crippen molar-refractivity contribution in [3.05, 3.63) is 45.8 Å². The Morgan fingerprint density at radius 3 is 2.62 bits per heavy atom. The number of ether oxygens (including phenoxy) is 1. The first-order valence-electron chi connectivity index (χ1n) is 11.9. The number of para-hydroxylation sites is 1. The van der Waals surface area contributed by atoms with Crippen LogP contribution in [0.15, 0.2) is 35.3 Å². The van der Waals surface area contributed by atoms with Gasteiger partial charge < -0.3 is 24.8 Å². The molecule has 180 valence electrons. The highest BCUT2D eigenvalue weighted by Crippen LogP contribution is 2.36. The topological polar surface area (TPSA) is 84.3 Å². The van der Waals surface area contributed by atoms with Gasteiger partial charge in [0.05, 0.1) is 29.6 Å². The van der Waals surface area contributed by atoms with Crippen LogP contribution in [-0.2, 0) is 11.8 Å². The maximum atomic E-state index is 12.8. The minimum atomic E-state index is -0.0713. The van der Waals surface area contributed by atoms with E-state index in [1.165, 1.54) is 12.8 Å². The standard InChI is InChI=1S/C25H31ClN6O2/c1-14-12-32(13-15(2)34-14)25-27-11-19(26)24(30-25)29-20-7-5-6-18-21(28-16(3)17-8-9-17)10-22(33)31(4)23(18)20/h5-7,10-11,14-17,28H,8-9,12-13H2,1-4H3,(H,27,29,30)/t14-,15+,16-/m1/s1. The molecule has 0 unspecified atom stereocenters. The third kappa shape index (κ3) is 4.57. The van der Waals surface area contributed by atoms with Crippen LogP contribution in [0.3, 0.4) is 0 Å². The van der Waals surface area contributed by atoms with Crippen LogP contribution in [0.1, 0.15) is 33.6 Å². The molecule has 2 fully saturated rings. The van der Waals surface area contributed by atoms with Crippen molar-refractivity contribution in [2.24, 2.45) is 13.0 Å². The van der Waals surface area contributed by atoms with Gasteiger partial charge in [-0.2, -0.15) is 4.98 Å². The van der Waals surface area contributed by atoms with Crippen molar-refractivity contribution in [3.63, 3.8) is 0 Å². The molecule has 9 heteroatoms. The molecule has 1 saturated heterocycles. The van der Waals surface area contributed by atoms with Gasteiger partial charge >= 0.3 is 0 Å². The van der Waals surface area contributed by atoms with Gasteiger partial charge in [-0.15, -0.1) is 0 Å². The quantitative estimate of drug-likeness (QED) is 0.533. The second kappa shape index (κ2) is 9.07. The molecule has 0 amide bonds. The van der Waals surface area contributed by atoms with Crippen LogP contribution in [-0.4, -0.2) is 45.9 Å². The molecule has 3 heterocycles. The molecule has 1 aliphatic heterocycles. The number of nitrogens with one attached hydrogen (secondary N) is 2. The molecule has 1 saturated carbocycles. The summed E-state index contributed by atoms with van der Waals surface area (Å²) in [5, 5.41) is 8.33. The zero-order chi connectivity index (χ0) is 24.0. The summed E-state index contributed by atoms with van der Waals surface area (Å²) < 4.78 is 7.50. The van der Waals surface area contributed by atoms with E-state index in [1.54, 1.807) is 23.9 Å². The lowest BCUT2D eigenvalue weighted by atomic mass is 10.1. The summed E-state index contributed by atoms with van der Waals surface area (Å²) in [4.78, 5) is 24.1. The maximum Gasteiger partial charge on any atom is 0.252 e. The van der Waals surface area contributed by atoms with Gasteiger partial charge in [0, 0.05) is 43.3 Å². The molecule has 2 aliphatic rings. The Morgan fingerprint density at radius 2 is 1.91 bits per heavy atom. The molecule has 1 aromatic carbocycles. The van der Waals surface area contributed by atoms with Crippen LogP contribution in [0.4, 0.5) is 23.1 Å². The summed E-state index contributed by atoms with van der Waals surface area (Å²) >= 11 is 6.49. The summed E-state index contributed by atoms with van der Waals surface area (Å²) in [6.07, 6.45) is 4.27. The van der Waals surface area contributed by atoms with Crippen LogP contribution in [0.25, 0.3) is 10.9 Å². The van der Waals surface area contributed by atoms with Crippen molar-refractivity contribution in [1.82, 2.24) is 14.5 Å². The van der Waals surface area contributed by atoms with Gasteiger partial charge in [0.1, 0.15) is 5.02 Å². The number of nitrogens with zero attached hydrogens (tertiary/aromatic N) is 4. The van der Waals surface area contributed by atoms with Gasteiger partial charge in [-0.05, 0) is 45.6 Å². The molecule has 8 nitrogen and oxygen atoms in total. The zero-order valence-electron chi connectivity index (χ0n) is 20.0. The van der Waals surface area contributed by atoms with Gasteiger partial charge in [0.15, 0.2) is 5.82 Å². The average Bonchev–Trinajstić information content (AvgIpc) is 3.63. The van der Waals surface area contributed by atoms with E-state index in [0.717, 1.165) is 22.3 Å². The highest BCUT2D eigenvalue weighted by molar-refractivity contribution is 6.33. The number of morpholine rings is 1. The zero-order valence-corrected chi connectivity index (χ0v) is 20.8. The Kier molecular flexibility index (Phi) is 6.12. The van der Waals surface area contributed by atoms with Gasteiger partial charge in [-0.1, -0.05) is 23.7 Å². The van der Waals surface area contributed by atoms with Gasteiger partial charge in [-0.25, -0.2) is 4.98 Å². The SMILES string of the molecule is C[C@@H]1CN(c2ncc(Cl)c(Nc3cccc4c(N[C@H](C)C5CC5)cc(=O)n(C)c34)n2)C[C@H](C)O1. The fraction of sp³-hybridized carbons (Fsp3) is 0.480. The predicted molar refractivity (Wildman–Crippen MR) is 138 cm³/mol. The molecular formula is C25H31ClN6O2. The van der Waals surface area contributed by atoms with Crippen LogP contribution in [0.5, 0.6) is 0 Å². The van der Waals surface area contributed by atoms with Gasteiger partial charge in [0.25, 0.3) is 5.56 Å². The van der Waals surface area contributed by atoms with Crippen molar-refractivity contribution >= 4 is 45.6 Å². The number of halogens is 1. The normalized spacial score (nSPS) is 21.5. The molecule has 34 heavy (non-hydrogen) atoms. The fourth-order valence-corrected chi connectivity index (χ4v) is 4.91. The second-order valence-electron chi connectivity index (χ2n) is 9.58. The van der Waals surface area contributed by atoms with Crippen LogP contribution in [0.2, 0.25) is 5.02 Å². The van der Waals surface area contributed by atoms with E-state index in [1.807, 2.05) is 32.0 Å². The highest BCUT2D eigenvalue weighted by Gasteiger charge is 2.28. The molecule has 5 rings (SSSR count). The molecule has 0 bridgehead atoms. The molecule has 1 aliphatic carbocycles. The average molecular weight is 483 g/mol. The number of aromatic nitrogens is 3. The number of anilines is 4. The maximum absolute atomic E-state index is 12.8. The van der Waals surface area contributed by atoms with Gasteiger partial charge in [-0.3, -0.25) is 4.79 Å². The summed E-state index contributed by atoms with van der Waals surface area (Å²) in [6.45, 7) is 7.69. The number of rotatable bonds is 6. The Labute approximate surface area is 204 Å². The van der Waals surface area contributed by atoms with Crippen molar-refractivity contribution < 1.29 is 4.74 Å². The highest BCUT2D eigenvalue weighted by atomic mass is 35.5. The summed E-state index contributed by atoms with van der Waals surface area (Å²) in [5.74, 6) is 1.77. The third-order valence-corrected chi connectivity index (χ3v) is 6.94. The Morgan fingerprint density at radius 1 is 1.18 bits per heavy atom. The first-order chi connectivity index (χ1) is 16.3. The minimum absolute atomic E-state index is 0.0713. The third-order valence-electron chi connectivity index (χ3n) is 6.66. The molecule has 0 spiro atoms. The lowest BCUT2D eigenvalue weighted by Gasteiger charge is -2.35. The number of hydrogen-bond donors (Lipinski definition) is 2. The number of hydrogen-bond acceptors (Lipinski definition) is 7. The Balaban J connectivity index is 1.51. The van der Waals surface area contributed by atoms with E-state index < -0.39 is 0 Å². The monoisotopic (exact) mass is 482 g/mol. The summed E-state index contributed by atoms with van der Waals surface area (Å²) in [5.41, 5.74) is 2.34. The number of benzene rings is 1. The second-order valence-corrected chi connectivity index (χ2v) is 9.99. The lowest BCUT2D eigenvalue weighted by Crippen LogP contribution is -2.46. The van der Waals surface area contributed by atoms with E-state index in [-0.39, 0.29) is 17.8 Å². The van der Waals surface area contributed by atoms with Crippen molar-refractivity contribution in [3.8, 4) is 0 Å². The largest absolute Gasteiger partial charge is 0.382 e. The molecule has 3 atom stereocenters. The molecule has 0 radical (unpaired) electrons. The number of fused-ring (bicyclic) bond motifs is 1. The van der Waals surface area contributed by atoms with Crippen LogP contribution >= 0.6 is 11.6 Å². The predicted octanol–water partition coefficient (Wildman–Crippen LogP) is 4.55. The first kappa shape index (κ1) is 22.9. The van der Waals surface area contributed by atoms with Crippen molar-refractivity contribution in [2.75, 3.05) is 28.6 Å². The Hall–Kier alpha value is -2.84. The molecule has 3 aromatic rings. The molecule has 2 N–H and O–H groups in total. The van der Waals surface area contributed by atoms with Crippen LogP contribution in [0, 0.1) is 5.92 Å². The lowest BCUT2D eigenvalue weighted by molar-refractivity contribution is -0.00571. The number of aryl methyl sites for hydroxylation is 1. The smallest absolute Gasteiger partial charge is 0.252 e. The minimum Gasteiger partial charge on any atom is -0.382 e. The fourth-order valence-electron chi connectivity index (χ4n) is 4.78.